The molecule has 2 amide bonds. The monoisotopic (exact) mass is 395 g/mol. The van der Waals surface area contributed by atoms with Crippen LogP contribution in [0, 0.1) is 13.8 Å². The number of nitrogens with one attached hydrogen (secondary N) is 2. The fraction of sp³-hybridized carbons (Fsp3) is 0.391. The standard InChI is InChI=1S/C23H30N4O2/c1-17-6-5-7-21(18(17)2)27-14-12-26(13-15-27)16-22(28)24-20-10-8-19(9-11-20)23(29)25(3)4/h5-11H,12-16H2,1-4H3,(H,24,28)/p+1. The van der Waals surface area contributed by atoms with Crippen LogP contribution in [0.25, 0.3) is 0 Å². The first-order valence-electron chi connectivity index (χ1n) is 10.1. The zero-order valence-electron chi connectivity index (χ0n) is 17.8. The fourth-order valence-electron chi connectivity index (χ4n) is 3.71. The summed E-state index contributed by atoms with van der Waals surface area (Å²) >= 11 is 0. The van der Waals surface area contributed by atoms with Crippen LogP contribution in [0.1, 0.15) is 21.5 Å². The average molecular weight is 396 g/mol. The number of aryl methyl sites for hydroxylation is 1. The van der Waals surface area contributed by atoms with E-state index in [0.29, 0.717) is 12.1 Å². The number of nitrogens with zero attached hydrogens (tertiary/aromatic N) is 2. The Morgan fingerprint density at radius 1 is 1.03 bits per heavy atom. The predicted octanol–water partition coefficient (Wildman–Crippen LogP) is 1.35. The second-order valence-corrected chi connectivity index (χ2v) is 7.96. The summed E-state index contributed by atoms with van der Waals surface area (Å²) in [6.07, 6.45) is 0. The van der Waals surface area contributed by atoms with Crippen LogP contribution in [-0.4, -0.2) is 63.5 Å². The van der Waals surface area contributed by atoms with Gasteiger partial charge in [0.05, 0.1) is 26.2 Å². The SMILES string of the molecule is Cc1cccc(N2CC[NH+](CC(=O)Nc3ccc(C(=O)N(C)C)cc3)CC2)c1C. The van der Waals surface area contributed by atoms with Crippen molar-refractivity contribution in [3.05, 3.63) is 59.2 Å². The summed E-state index contributed by atoms with van der Waals surface area (Å²) < 4.78 is 0. The largest absolute Gasteiger partial charge is 0.360 e. The molecule has 0 aliphatic carbocycles. The lowest BCUT2D eigenvalue weighted by Gasteiger charge is -2.34. The first-order chi connectivity index (χ1) is 13.8. The molecule has 2 N–H and O–H groups in total. The highest BCUT2D eigenvalue weighted by Crippen LogP contribution is 2.22. The molecule has 3 rings (SSSR count). The van der Waals surface area contributed by atoms with E-state index in [1.54, 1.807) is 38.4 Å². The summed E-state index contributed by atoms with van der Waals surface area (Å²) in [7, 11) is 3.45. The lowest BCUT2D eigenvalue weighted by molar-refractivity contribution is -0.892. The number of carbonyl (C=O) groups excluding carboxylic acids is 2. The molecule has 0 bridgehead atoms. The zero-order chi connectivity index (χ0) is 21.0. The number of benzene rings is 2. The number of piperazine rings is 1. The summed E-state index contributed by atoms with van der Waals surface area (Å²) in [5.74, 6) is -0.0408. The number of carbonyl (C=O) groups is 2. The minimum atomic E-state index is -0.0472. The van der Waals surface area contributed by atoms with Gasteiger partial charge in [0.25, 0.3) is 11.8 Å². The van der Waals surface area contributed by atoms with Crippen LogP contribution in [0.5, 0.6) is 0 Å². The molecule has 1 aliphatic rings. The lowest BCUT2D eigenvalue weighted by Crippen LogP contribution is -3.15. The molecule has 1 aliphatic heterocycles. The molecule has 2 aromatic carbocycles. The normalized spacial score (nSPS) is 14.6. The quantitative estimate of drug-likeness (QED) is 0.804. The van der Waals surface area contributed by atoms with Crippen molar-refractivity contribution >= 4 is 23.2 Å². The zero-order valence-corrected chi connectivity index (χ0v) is 17.8. The van der Waals surface area contributed by atoms with Crippen molar-refractivity contribution in [2.45, 2.75) is 13.8 Å². The van der Waals surface area contributed by atoms with Gasteiger partial charge in [-0.15, -0.1) is 0 Å². The molecule has 0 unspecified atom stereocenters. The van der Waals surface area contributed by atoms with Crippen molar-refractivity contribution in [3.63, 3.8) is 0 Å². The van der Waals surface area contributed by atoms with Crippen LogP contribution in [0.3, 0.4) is 0 Å². The van der Waals surface area contributed by atoms with Gasteiger partial charge in [0, 0.05) is 31.0 Å². The maximum atomic E-state index is 12.4. The lowest BCUT2D eigenvalue weighted by atomic mass is 10.1. The highest BCUT2D eigenvalue weighted by atomic mass is 16.2. The molecule has 29 heavy (non-hydrogen) atoms. The van der Waals surface area contributed by atoms with Crippen LogP contribution in [0.4, 0.5) is 11.4 Å². The summed E-state index contributed by atoms with van der Waals surface area (Å²) in [6.45, 7) is 8.57. The smallest absolute Gasteiger partial charge is 0.279 e. The van der Waals surface area contributed by atoms with Gasteiger partial charge in [-0.05, 0) is 55.3 Å². The van der Waals surface area contributed by atoms with Gasteiger partial charge in [-0.25, -0.2) is 0 Å². The second kappa shape index (κ2) is 9.09. The topological polar surface area (TPSA) is 57.1 Å². The van der Waals surface area contributed by atoms with Crippen LogP contribution in [0.2, 0.25) is 0 Å². The van der Waals surface area contributed by atoms with E-state index in [4.69, 9.17) is 0 Å². The molecule has 1 saturated heterocycles. The van der Waals surface area contributed by atoms with Gasteiger partial charge >= 0.3 is 0 Å². The van der Waals surface area contributed by atoms with Crippen molar-refractivity contribution in [1.29, 1.82) is 0 Å². The number of quaternary nitrogens is 1. The van der Waals surface area contributed by atoms with Crippen LogP contribution < -0.4 is 15.1 Å². The Labute approximate surface area is 173 Å². The van der Waals surface area contributed by atoms with Gasteiger partial charge < -0.3 is 20.0 Å². The fourth-order valence-corrected chi connectivity index (χ4v) is 3.71. The van der Waals surface area contributed by atoms with Gasteiger partial charge in [-0.3, -0.25) is 9.59 Å². The summed E-state index contributed by atoms with van der Waals surface area (Å²) in [4.78, 5) is 29.6. The maximum Gasteiger partial charge on any atom is 0.279 e. The molecular weight excluding hydrogens is 364 g/mol. The minimum absolute atomic E-state index is 0.00636. The Kier molecular flexibility index (Phi) is 6.54. The van der Waals surface area contributed by atoms with Crippen LogP contribution in [0.15, 0.2) is 42.5 Å². The Morgan fingerprint density at radius 3 is 2.31 bits per heavy atom. The highest BCUT2D eigenvalue weighted by Gasteiger charge is 2.23. The van der Waals surface area contributed by atoms with E-state index in [0.717, 1.165) is 31.9 Å². The van der Waals surface area contributed by atoms with E-state index < -0.39 is 0 Å². The number of anilines is 2. The Bertz CT molecular complexity index is 869. The van der Waals surface area contributed by atoms with E-state index in [9.17, 15) is 9.59 Å². The third-order valence-corrected chi connectivity index (χ3v) is 5.62. The molecule has 0 saturated carbocycles. The molecule has 6 heteroatoms. The van der Waals surface area contributed by atoms with Gasteiger partial charge in [-0.2, -0.15) is 0 Å². The van der Waals surface area contributed by atoms with Crippen molar-refractivity contribution < 1.29 is 14.5 Å². The molecule has 0 atom stereocenters. The van der Waals surface area contributed by atoms with Crippen molar-refractivity contribution in [1.82, 2.24) is 4.90 Å². The third-order valence-electron chi connectivity index (χ3n) is 5.62. The summed E-state index contributed by atoms with van der Waals surface area (Å²) in [5.41, 5.74) is 5.29. The first-order valence-corrected chi connectivity index (χ1v) is 10.1. The van der Waals surface area contributed by atoms with E-state index in [2.05, 4.69) is 42.3 Å². The van der Waals surface area contributed by atoms with E-state index in [1.807, 2.05) is 0 Å². The van der Waals surface area contributed by atoms with Crippen LogP contribution in [-0.2, 0) is 4.79 Å². The van der Waals surface area contributed by atoms with Gasteiger partial charge in [0.1, 0.15) is 0 Å². The number of hydrogen-bond acceptors (Lipinski definition) is 3. The number of rotatable bonds is 5. The Morgan fingerprint density at radius 2 is 1.69 bits per heavy atom. The molecule has 0 radical (unpaired) electrons. The van der Waals surface area contributed by atoms with Crippen molar-refractivity contribution in [3.8, 4) is 0 Å². The van der Waals surface area contributed by atoms with E-state index in [-0.39, 0.29) is 11.8 Å². The summed E-state index contributed by atoms with van der Waals surface area (Å²) in [6, 6.07) is 13.5. The number of amides is 2. The van der Waals surface area contributed by atoms with E-state index in [1.165, 1.54) is 26.6 Å². The molecule has 154 valence electrons. The predicted molar refractivity (Wildman–Crippen MR) is 117 cm³/mol. The summed E-state index contributed by atoms with van der Waals surface area (Å²) in [5, 5.41) is 2.95. The highest BCUT2D eigenvalue weighted by molar-refractivity contribution is 5.95. The third kappa shape index (κ3) is 5.15. The molecule has 6 nitrogen and oxygen atoms in total. The molecule has 1 fully saturated rings. The van der Waals surface area contributed by atoms with Crippen LogP contribution >= 0.6 is 0 Å². The number of hydrogen-bond donors (Lipinski definition) is 2. The van der Waals surface area contributed by atoms with E-state index >= 15 is 0 Å². The molecule has 0 aromatic heterocycles. The van der Waals surface area contributed by atoms with Crippen molar-refractivity contribution in [2.75, 3.05) is 57.0 Å². The second-order valence-electron chi connectivity index (χ2n) is 7.96. The molecule has 0 spiro atoms. The first kappa shape index (κ1) is 20.9. The molecule has 2 aromatic rings. The molecular formula is C23H31N4O2+. The average Bonchev–Trinajstić information content (AvgIpc) is 2.70. The Balaban J connectivity index is 1.50. The minimum Gasteiger partial charge on any atom is -0.360 e. The van der Waals surface area contributed by atoms with Gasteiger partial charge in [-0.1, -0.05) is 12.1 Å². The van der Waals surface area contributed by atoms with Gasteiger partial charge in [0.15, 0.2) is 6.54 Å². The maximum absolute atomic E-state index is 12.4. The molecule has 1 heterocycles. The van der Waals surface area contributed by atoms with Crippen molar-refractivity contribution in [2.24, 2.45) is 0 Å². The van der Waals surface area contributed by atoms with Gasteiger partial charge in [0.2, 0.25) is 0 Å². The Hall–Kier alpha value is -2.86.